The number of hydrogen-bond acceptors (Lipinski definition) is 6. The van der Waals surface area contributed by atoms with Gasteiger partial charge in [0.05, 0.1) is 12.0 Å². The van der Waals surface area contributed by atoms with Crippen LogP contribution < -0.4 is 11.1 Å². The number of benzene rings is 1. The molecule has 0 aliphatic carbocycles. The maximum atomic E-state index is 11.9. The number of furan rings is 1. The molecule has 8 heteroatoms. The van der Waals surface area contributed by atoms with Crippen molar-refractivity contribution in [1.82, 2.24) is 15.1 Å². The van der Waals surface area contributed by atoms with Crippen molar-refractivity contribution in [3.63, 3.8) is 0 Å². The molecule has 3 aromatic rings. The summed E-state index contributed by atoms with van der Waals surface area (Å²) in [4.78, 5) is 23.7. The second kappa shape index (κ2) is 8.39. The van der Waals surface area contributed by atoms with Gasteiger partial charge in [-0.05, 0) is 24.3 Å². The Bertz CT molecular complexity index is 856. The van der Waals surface area contributed by atoms with Crippen molar-refractivity contribution in [2.75, 3.05) is 12.3 Å². The van der Waals surface area contributed by atoms with Crippen LogP contribution in [-0.2, 0) is 17.1 Å². The Labute approximate surface area is 148 Å². The fraction of sp³-hybridized carbons (Fsp3) is 0.235. The predicted octanol–water partition coefficient (Wildman–Crippen LogP) is 2.15. The molecule has 0 radical (unpaired) electrons. The molecule has 0 bridgehead atoms. The van der Waals surface area contributed by atoms with Gasteiger partial charge in [0, 0.05) is 17.9 Å². The highest BCUT2D eigenvalue weighted by atomic mass is 32.2. The minimum atomic E-state index is -0.652. The van der Waals surface area contributed by atoms with Crippen molar-refractivity contribution < 1.29 is 13.6 Å². The minimum Gasteiger partial charge on any atom is -0.468 e. The van der Waals surface area contributed by atoms with E-state index in [0.717, 1.165) is 21.9 Å². The molecule has 7 nitrogen and oxygen atoms in total. The number of nitrogens with zero attached hydrogens (tertiary/aromatic N) is 2. The number of rotatable bonds is 8. The number of carbonyl (C=O) groups excluding carboxylic acids is 1. The van der Waals surface area contributed by atoms with Crippen LogP contribution in [0.2, 0.25) is 0 Å². The summed E-state index contributed by atoms with van der Waals surface area (Å²) in [6.45, 7) is 0.334. The van der Waals surface area contributed by atoms with Crippen molar-refractivity contribution in [3.05, 3.63) is 65.0 Å². The second-order valence-electron chi connectivity index (χ2n) is 5.18. The molecule has 0 aliphatic heterocycles. The van der Waals surface area contributed by atoms with Crippen LogP contribution in [0.1, 0.15) is 5.76 Å². The molecular weight excluding hydrogens is 342 g/mol. The predicted molar refractivity (Wildman–Crippen MR) is 94.1 cm³/mol. The Morgan fingerprint density at radius 2 is 2.04 bits per heavy atom. The topological polar surface area (TPSA) is 90.3 Å². The Morgan fingerprint density at radius 1 is 1.20 bits per heavy atom. The van der Waals surface area contributed by atoms with E-state index < -0.39 is 5.76 Å². The fourth-order valence-electron chi connectivity index (χ4n) is 2.13. The third kappa shape index (κ3) is 4.87. The van der Waals surface area contributed by atoms with Gasteiger partial charge in [0.1, 0.15) is 12.3 Å². The molecule has 130 valence electrons. The minimum absolute atomic E-state index is 0.169. The first kappa shape index (κ1) is 17.1. The highest BCUT2D eigenvalue weighted by Crippen LogP contribution is 2.14. The van der Waals surface area contributed by atoms with Crippen molar-refractivity contribution in [2.45, 2.75) is 12.3 Å². The van der Waals surface area contributed by atoms with Gasteiger partial charge in [-0.1, -0.05) is 18.2 Å². The van der Waals surface area contributed by atoms with E-state index in [1.54, 1.807) is 30.2 Å². The average molecular weight is 359 g/mol. The highest BCUT2D eigenvalue weighted by Gasteiger charge is 2.12. The molecule has 0 saturated carbocycles. The van der Waals surface area contributed by atoms with E-state index in [-0.39, 0.29) is 18.3 Å². The van der Waals surface area contributed by atoms with Gasteiger partial charge in [-0.2, -0.15) is 16.4 Å². The van der Waals surface area contributed by atoms with Crippen LogP contribution in [0, 0.1) is 0 Å². The van der Waals surface area contributed by atoms with E-state index in [9.17, 15) is 9.59 Å². The molecule has 0 unspecified atom stereocenters. The molecule has 2 heterocycles. The molecule has 3 rings (SSSR count). The summed E-state index contributed by atoms with van der Waals surface area (Å²) in [5, 5.41) is 6.81. The first-order valence-electron chi connectivity index (χ1n) is 7.72. The van der Waals surface area contributed by atoms with E-state index in [2.05, 4.69) is 10.4 Å². The smallest absolute Gasteiger partial charge is 0.437 e. The molecule has 0 aliphatic rings. The molecule has 25 heavy (non-hydrogen) atoms. The number of hydrogen-bond donors (Lipinski definition) is 1. The zero-order valence-corrected chi connectivity index (χ0v) is 14.2. The summed E-state index contributed by atoms with van der Waals surface area (Å²) in [6, 6.07) is 12.8. The molecule has 0 saturated heterocycles. The zero-order valence-electron chi connectivity index (χ0n) is 13.4. The number of nitrogens with one attached hydrogen (secondary N) is 1. The fourth-order valence-corrected chi connectivity index (χ4v) is 2.88. The SMILES string of the molecule is O=C(Cn1nc(-c2ccccc2)oc1=O)NCCSCc1ccco1. The summed E-state index contributed by atoms with van der Waals surface area (Å²) in [5.41, 5.74) is 0.688. The van der Waals surface area contributed by atoms with Gasteiger partial charge in [-0.25, -0.2) is 4.79 Å². The molecule has 1 N–H and O–H groups in total. The summed E-state index contributed by atoms with van der Waals surface area (Å²) in [5.74, 6) is 1.67. The molecule has 0 atom stereocenters. The Morgan fingerprint density at radius 3 is 2.80 bits per heavy atom. The van der Waals surface area contributed by atoms with Gasteiger partial charge in [0.25, 0.3) is 0 Å². The molecule has 0 fully saturated rings. The highest BCUT2D eigenvalue weighted by molar-refractivity contribution is 7.98. The summed E-state index contributed by atoms with van der Waals surface area (Å²) >= 11 is 1.65. The molecule has 1 aromatic carbocycles. The van der Waals surface area contributed by atoms with E-state index in [1.807, 2.05) is 30.3 Å². The van der Waals surface area contributed by atoms with Gasteiger partial charge < -0.3 is 14.2 Å². The summed E-state index contributed by atoms with van der Waals surface area (Å²) in [7, 11) is 0. The molecule has 2 aromatic heterocycles. The molecule has 0 spiro atoms. The van der Waals surface area contributed by atoms with E-state index >= 15 is 0 Å². The van der Waals surface area contributed by atoms with Gasteiger partial charge in [0.15, 0.2) is 0 Å². The first-order chi connectivity index (χ1) is 12.2. The maximum Gasteiger partial charge on any atom is 0.437 e. The molecular formula is C17H17N3O4S. The third-order valence-corrected chi connectivity index (χ3v) is 4.29. The normalized spacial score (nSPS) is 10.7. The maximum absolute atomic E-state index is 11.9. The van der Waals surface area contributed by atoms with Crippen molar-refractivity contribution in [1.29, 1.82) is 0 Å². The summed E-state index contributed by atoms with van der Waals surface area (Å²) < 4.78 is 11.3. The number of thioether (sulfide) groups is 1. The van der Waals surface area contributed by atoms with Crippen molar-refractivity contribution >= 4 is 17.7 Å². The lowest BCUT2D eigenvalue weighted by molar-refractivity contribution is -0.121. The van der Waals surface area contributed by atoms with Crippen LogP contribution in [0.5, 0.6) is 0 Å². The van der Waals surface area contributed by atoms with Gasteiger partial charge in [0.2, 0.25) is 11.8 Å². The zero-order chi connectivity index (χ0) is 17.5. The van der Waals surface area contributed by atoms with Crippen LogP contribution >= 0.6 is 11.8 Å². The van der Waals surface area contributed by atoms with Crippen LogP contribution in [0.15, 0.2) is 62.4 Å². The standard InChI is InChI=1S/C17H17N3O4S/c21-15(18-8-10-25-12-14-7-4-9-23-14)11-20-17(22)24-16(19-20)13-5-2-1-3-6-13/h1-7,9H,8,10-12H2,(H,18,21). The van der Waals surface area contributed by atoms with Crippen LogP contribution in [0.3, 0.4) is 0 Å². The van der Waals surface area contributed by atoms with Crippen molar-refractivity contribution in [3.8, 4) is 11.5 Å². The number of amides is 1. The lowest BCUT2D eigenvalue weighted by Crippen LogP contribution is -2.32. The van der Waals surface area contributed by atoms with E-state index in [4.69, 9.17) is 8.83 Å². The first-order valence-corrected chi connectivity index (χ1v) is 8.88. The van der Waals surface area contributed by atoms with Gasteiger partial charge in [-0.15, -0.1) is 5.10 Å². The van der Waals surface area contributed by atoms with Crippen LogP contribution in [0.25, 0.3) is 11.5 Å². The Hall–Kier alpha value is -2.74. The third-order valence-electron chi connectivity index (χ3n) is 3.31. The molecule has 1 amide bonds. The van der Waals surface area contributed by atoms with Gasteiger partial charge in [-0.3, -0.25) is 4.79 Å². The number of aromatic nitrogens is 2. The quantitative estimate of drug-likeness (QED) is 0.620. The average Bonchev–Trinajstić information content (AvgIpc) is 3.26. The number of carbonyl (C=O) groups is 1. The second-order valence-corrected chi connectivity index (χ2v) is 6.28. The largest absolute Gasteiger partial charge is 0.468 e. The summed E-state index contributed by atoms with van der Waals surface area (Å²) in [6.07, 6.45) is 1.64. The lowest BCUT2D eigenvalue weighted by Gasteiger charge is -2.03. The monoisotopic (exact) mass is 359 g/mol. The van der Waals surface area contributed by atoms with E-state index in [0.29, 0.717) is 12.1 Å². The van der Waals surface area contributed by atoms with Gasteiger partial charge >= 0.3 is 5.76 Å². The van der Waals surface area contributed by atoms with Crippen molar-refractivity contribution in [2.24, 2.45) is 0 Å². The Balaban J connectivity index is 1.45. The van der Waals surface area contributed by atoms with Crippen LogP contribution in [0.4, 0.5) is 0 Å². The lowest BCUT2D eigenvalue weighted by atomic mass is 10.2. The van der Waals surface area contributed by atoms with Crippen LogP contribution in [-0.4, -0.2) is 28.0 Å². The Kier molecular flexibility index (Phi) is 5.73. The van der Waals surface area contributed by atoms with E-state index in [1.165, 1.54) is 0 Å².